The maximum atomic E-state index is 13.2. The Balaban J connectivity index is 1.44. The van der Waals surface area contributed by atoms with Gasteiger partial charge in [-0.15, -0.1) is 0 Å². The molecule has 158 valence electrons. The number of benzene rings is 2. The summed E-state index contributed by atoms with van der Waals surface area (Å²) in [5.74, 6) is -1.13. The molecule has 1 fully saturated rings. The van der Waals surface area contributed by atoms with Crippen LogP contribution in [-0.4, -0.2) is 32.0 Å². The zero-order valence-corrected chi connectivity index (χ0v) is 17.4. The molecule has 1 atom stereocenters. The molecule has 1 heterocycles. The van der Waals surface area contributed by atoms with Gasteiger partial charge in [-0.1, -0.05) is 6.07 Å². The van der Waals surface area contributed by atoms with Crippen molar-refractivity contribution in [1.29, 1.82) is 0 Å². The highest BCUT2D eigenvalue weighted by Crippen LogP contribution is 2.39. The zero-order chi connectivity index (χ0) is 21.5. The highest BCUT2D eigenvalue weighted by molar-refractivity contribution is 7.91. The fourth-order valence-electron chi connectivity index (χ4n) is 3.80. The fourth-order valence-corrected chi connectivity index (χ4v) is 5.09. The molecule has 8 heteroatoms. The average molecular weight is 431 g/mol. The number of rotatable bonds is 6. The molecule has 1 N–H and O–H groups in total. The standard InChI is InChI=1S/C22H23FN2O4S/c1-14-11-16-12-19(7-8-20(16)25(14)22(27)15-5-6-15)30(28,29)10-9-21(26)24-18-4-2-3-17(23)13-18/h2-4,7-8,12-15H,5-6,9-11H2,1H3,(H,24,26)/t14-/m1/s1. The minimum atomic E-state index is -3.67. The van der Waals surface area contributed by atoms with Crippen molar-refractivity contribution in [3.63, 3.8) is 0 Å². The lowest BCUT2D eigenvalue weighted by atomic mass is 10.1. The normalized spacial score (nSPS) is 18.2. The summed E-state index contributed by atoms with van der Waals surface area (Å²) in [7, 11) is -3.67. The molecule has 0 aromatic heterocycles. The number of hydrogen-bond donors (Lipinski definition) is 1. The molecule has 1 saturated carbocycles. The van der Waals surface area contributed by atoms with Crippen molar-refractivity contribution in [2.45, 2.75) is 43.5 Å². The molecular formula is C22H23FN2O4S. The van der Waals surface area contributed by atoms with Crippen LogP contribution >= 0.6 is 0 Å². The van der Waals surface area contributed by atoms with E-state index in [-0.39, 0.29) is 40.6 Å². The van der Waals surface area contributed by atoms with Gasteiger partial charge in [-0.3, -0.25) is 9.59 Å². The summed E-state index contributed by atoms with van der Waals surface area (Å²) in [6, 6.07) is 10.2. The number of nitrogens with one attached hydrogen (secondary N) is 1. The molecule has 1 aliphatic heterocycles. The zero-order valence-electron chi connectivity index (χ0n) is 16.6. The Kier molecular flexibility index (Phi) is 5.36. The van der Waals surface area contributed by atoms with Crippen molar-refractivity contribution < 1.29 is 22.4 Å². The quantitative estimate of drug-likeness (QED) is 0.762. The molecule has 0 bridgehead atoms. The number of amides is 2. The van der Waals surface area contributed by atoms with Gasteiger partial charge in [-0.25, -0.2) is 12.8 Å². The molecule has 2 aliphatic rings. The van der Waals surface area contributed by atoms with Crippen LogP contribution in [0.15, 0.2) is 47.4 Å². The third-order valence-corrected chi connectivity index (χ3v) is 7.21. The lowest BCUT2D eigenvalue weighted by molar-refractivity contribution is -0.120. The van der Waals surface area contributed by atoms with Crippen molar-refractivity contribution in [3.8, 4) is 0 Å². The molecule has 0 unspecified atom stereocenters. The number of sulfone groups is 1. The topological polar surface area (TPSA) is 83.6 Å². The van der Waals surface area contributed by atoms with Crippen molar-refractivity contribution in [2.24, 2.45) is 5.92 Å². The summed E-state index contributed by atoms with van der Waals surface area (Å²) < 4.78 is 38.7. The van der Waals surface area contributed by atoms with Crippen molar-refractivity contribution in [3.05, 3.63) is 53.8 Å². The third kappa shape index (κ3) is 4.23. The van der Waals surface area contributed by atoms with E-state index in [1.807, 2.05) is 6.92 Å². The van der Waals surface area contributed by atoms with Gasteiger partial charge in [0.1, 0.15) is 5.82 Å². The lowest BCUT2D eigenvalue weighted by Crippen LogP contribution is -2.36. The predicted octanol–water partition coefficient (Wildman–Crippen LogP) is 3.32. The van der Waals surface area contributed by atoms with Gasteiger partial charge < -0.3 is 10.2 Å². The van der Waals surface area contributed by atoms with Crippen LogP contribution < -0.4 is 10.2 Å². The molecule has 2 amide bonds. The molecule has 6 nitrogen and oxygen atoms in total. The van der Waals surface area contributed by atoms with Crippen LogP contribution in [0.5, 0.6) is 0 Å². The van der Waals surface area contributed by atoms with Gasteiger partial charge in [-0.2, -0.15) is 0 Å². The van der Waals surface area contributed by atoms with Crippen molar-refractivity contribution in [1.82, 2.24) is 0 Å². The Morgan fingerprint density at radius 1 is 1.17 bits per heavy atom. The number of halogens is 1. The van der Waals surface area contributed by atoms with Crippen molar-refractivity contribution >= 4 is 33.0 Å². The van der Waals surface area contributed by atoms with Gasteiger partial charge in [0.2, 0.25) is 11.8 Å². The maximum Gasteiger partial charge on any atom is 0.230 e. The highest BCUT2D eigenvalue weighted by Gasteiger charge is 2.39. The molecule has 2 aromatic rings. The van der Waals surface area contributed by atoms with E-state index in [1.165, 1.54) is 30.3 Å². The summed E-state index contributed by atoms with van der Waals surface area (Å²) in [5.41, 5.74) is 1.90. The second-order valence-electron chi connectivity index (χ2n) is 7.95. The Bertz CT molecular complexity index is 1110. The summed E-state index contributed by atoms with van der Waals surface area (Å²) >= 11 is 0. The Morgan fingerprint density at radius 2 is 1.93 bits per heavy atom. The van der Waals surface area contributed by atoms with Crippen LogP contribution in [0.25, 0.3) is 0 Å². The molecule has 0 saturated heterocycles. The molecule has 2 aromatic carbocycles. The van der Waals surface area contributed by atoms with Crippen LogP contribution in [0.3, 0.4) is 0 Å². The van der Waals surface area contributed by atoms with Gasteiger partial charge >= 0.3 is 0 Å². The monoisotopic (exact) mass is 430 g/mol. The summed E-state index contributed by atoms with van der Waals surface area (Å²) in [4.78, 5) is 26.6. The number of carbonyl (C=O) groups excluding carboxylic acids is 2. The first-order valence-electron chi connectivity index (χ1n) is 9.99. The minimum absolute atomic E-state index is 0.00287. The first-order chi connectivity index (χ1) is 14.2. The van der Waals surface area contributed by atoms with Gasteiger partial charge in [-0.05, 0) is 68.1 Å². The van der Waals surface area contributed by atoms with E-state index in [1.54, 1.807) is 17.0 Å². The number of hydrogen-bond acceptors (Lipinski definition) is 4. The van der Waals surface area contributed by atoms with Crippen LogP contribution in [0.1, 0.15) is 31.7 Å². The van der Waals surface area contributed by atoms with Gasteiger partial charge in [0.05, 0.1) is 10.6 Å². The third-order valence-electron chi connectivity index (χ3n) is 5.50. The Hall–Kier alpha value is -2.74. The van der Waals surface area contributed by atoms with E-state index in [2.05, 4.69) is 5.32 Å². The minimum Gasteiger partial charge on any atom is -0.326 e. The summed E-state index contributed by atoms with van der Waals surface area (Å²) in [6.07, 6.45) is 2.21. The fraction of sp³-hybridized carbons (Fsp3) is 0.364. The number of carbonyl (C=O) groups is 2. The molecule has 0 radical (unpaired) electrons. The molecule has 30 heavy (non-hydrogen) atoms. The molecule has 1 aliphatic carbocycles. The molecular weight excluding hydrogens is 407 g/mol. The van der Waals surface area contributed by atoms with E-state index in [0.29, 0.717) is 6.42 Å². The van der Waals surface area contributed by atoms with Crippen LogP contribution in [0, 0.1) is 11.7 Å². The van der Waals surface area contributed by atoms with Crippen molar-refractivity contribution in [2.75, 3.05) is 16.0 Å². The first-order valence-corrected chi connectivity index (χ1v) is 11.6. The van der Waals surface area contributed by atoms with Crippen LogP contribution in [0.2, 0.25) is 0 Å². The smallest absolute Gasteiger partial charge is 0.230 e. The lowest BCUT2D eigenvalue weighted by Gasteiger charge is -2.22. The van der Waals surface area contributed by atoms with Gasteiger partial charge in [0, 0.05) is 29.8 Å². The molecule has 0 spiro atoms. The second-order valence-corrected chi connectivity index (χ2v) is 10.1. The van der Waals surface area contributed by atoms with E-state index >= 15 is 0 Å². The number of anilines is 2. The average Bonchev–Trinajstić information content (AvgIpc) is 3.48. The van der Waals surface area contributed by atoms with E-state index in [9.17, 15) is 22.4 Å². The summed E-state index contributed by atoms with van der Waals surface area (Å²) in [6.45, 7) is 1.96. The number of fused-ring (bicyclic) bond motifs is 1. The van der Waals surface area contributed by atoms with E-state index < -0.39 is 21.6 Å². The van der Waals surface area contributed by atoms with Gasteiger partial charge in [0.25, 0.3) is 0 Å². The summed E-state index contributed by atoms with van der Waals surface area (Å²) in [5, 5.41) is 2.50. The Labute approximate surface area is 175 Å². The second kappa shape index (κ2) is 7.83. The van der Waals surface area contributed by atoms with Crippen LogP contribution in [-0.2, 0) is 25.8 Å². The predicted molar refractivity (Wildman–Crippen MR) is 112 cm³/mol. The highest BCUT2D eigenvalue weighted by atomic mass is 32.2. The van der Waals surface area contributed by atoms with Crippen LogP contribution in [0.4, 0.5) is 15.8 Å². The number of nitrogens with zero attached hydrogens (tertiary/aromatic N) is 1. The SMILES string of the molecule is C[C@@H]1Cc2cc(S(=O)(=O)CCC(=O)Nc3cccc(F)c3)ccc2N1C(=O)C1CC1. The first kappa shape index (κ1) is 20.5. The maximum absolute atomic E-state index is 13.2. The van der Waals surface area contributed by atoms with E-state index in [4.69, 9.17) is 0 Å². The van der Waals surface area contributed by atoms with Gasteiger partial charge in [0.15, 0.2) is 9.84 Å². The Morgan fingerprint density at radius 3 is 2.63 bits per heavy atom. The van der Waals surface area contributed by atoms with E-state index in [0.717, 1.165) is 24.1 Å². The largest absolute Gasteiger partial charge is 0.326 e. The molecule has 4 rings (SSSR count).